The molecule has 0 amide bonds. The molecule has 0 aromatic rings. The first kappa shape index (κ1) is 13.6. The molecule has 0 aromatic carbocycles. The molecule has 0 N–H and O–H groups in total. The highest BCUT2D eigenvalue weighted by atomic mass is 31.2. The van der Waals surface area contributed by atoms with Gasteiger partial charge in [0.05, 0.1) is 31.2 Å². The monoisotopic (exact) mass is 290 g/mol. The third-order valence-corrected chi connectivity index (χ3v) is 5.38. The molecule has 0 radical (unpaired) electrons. The summed E-state index contributed by atoms with van der Waals surface area (Å²) >= 11 is 0. The van der Waals surface area contributed by atoms with Crippen molar-refractivity contribution < 1.29 is 27.7 Å². The minimum atomic E-state index is -3.29. The lowest BCUT2D eigenvalue weighted by molar-refractivity contribution is -0.165. The zero-order valence-corrected chi connectivity index (χ0v) is 11.7. The summed E-state index contributed by atoms with van der Waals surface area (Å²) in [6.07, 6.45) is 5.25. The first-order chi connectivity index (χ1) is 9.11. The van der Waals surface area contributed by atoms with Crippen LogP contribution in [0.15, 0.2) is 0 Å². The molecule has 1 aliphatic carbocycles. The SMILES string of the molecule is O=C(OCC12COP(=O)(OC1)OC2)C1CCCCC1. The number of fused-ring (bicyclic) bond motifs is 3. The number of esters is 1. The maximum atomic E-state index is 12.0. The van der Waals surface area contributed by atoms with Gasteiger partial charge in [0, 0.05) is 0 Å². The molecular weight excluding hydrogens is 271 g/mol. The Hall–Kier alpha value is -0.420. The van der Waals surface area contributed by atoms with Crippen molar-refractivity contribution in [1.29, 1.82) is 0 Å². The molecule has 4 rings (SSSR count). The zero-order chi connectivity index (χ0) is 13.3. The smallest absolute Gasteiger partial charge is 0.465 e. The fourth-order valence-electron chi connectivity index (χ4n) is 2.69. The predicted molar refractivity (Wildman–Crippen MR) is 65.4 cm³/mol. The van der Waals surface area contributed by atoms with Crippen LogP contribution in [-0.4, -0.2) is 32.4 Å². The van der Waals surface area contributed by atoms with Crippen LogP contribution in [0, 0.1) is 11.3 Å². The summed E-state index contributed by atoms with van der Waals surface area (Å²) in [6.45, 7) is 1.01. The number of ether oxygens (including phenoxy) is 1. The molecule has 4 fully saturated rings. The number of phosphoric acid groups is 1. The van der Waals surface area contributed by atoms with Crippen molar-refractivity contribution in [2.75, 3.05) is 26.4 Å². The summed E-state index contributed by atoms with van der Waals surface area (Å²) in [5, 5.41) is 0. The maximum absolute atomic E-state index is 12.0. The molecule has 7 heteroatoms. The Balaban J connectivity index is 1.52. The fraction of sp³-hybridized carbons (Fsp3) is 0.917. The lowest BCUT2D eigenvalue weighted by Crippen LogP contribution is -2.48. The number of phosphoric ester groups is 1. The van der Waals surface area contributed by atoms with E-state index in [1.807, 2.05) is 0 Å². The first-order valence-electron chi connectivity index (χ1n) is 6.81. The highest BCUT2D eigenvalue weighted by Crippen LogP contribution is 2.59. The second kappa shape index (κ2) is 5.17. The van der Waals surface area contributed by atoms with Crippen molar-refractivity contribution in [1.82, 2.24) is 0 Å². The molecule has 0 spiro atoms. The summed E-state index contributed by atoms with van der Waals surface area (Å²) in [7, 11) is -3.29. The van der Waals surface area contributed by atoms with Crippen molar-refractivity contribution >= 4 is 13.8 Å². The van der Waals surface area contributed by atoms with Gasteiger partial charge in [-0.2, -0.15) is 0 Å². The minimum Gasteiger partial charge on any atom is -0.465 e. The zero-order valence-electron chi connectivity index (χ0n) is 10.8. The lowest BCUT2D eigenvalue weighted by atomic mass is 9.89. The summed E-state index contributed by atoms with van der Waals surface area (Å²) in [5.74, 6) is -0.0976. The molecular formula is C12H19O6P. The number of rotatable bonds is 3. The number of carbonyl (C=O) groups is 1. The lowest BCUT2D eigenvalue weighted by Gasteiger charge is -2.43. The van der Waals surface area contributed by atoms with Crippen molar-refractivity contribution in [2.45, 2.75) is 32.1 Å². The van der Waals surface area contributed by atoms with Crippen molar-refractivity contribution in [2.24, 2.45) is 11.3 Å². The average Bonchev–Trinajstić information content (AvgIpc) is 2.47. The Kier molecular flexibility index (Phi) is 3.69. The molecule has 0 unspecified atom stereocenters. The van der Waals surface area contributed by atoms with E-state index in [2.05, 4.69) is 0 Å². The molecule has 2 bridgehead atoms. The summed E-state index contributed by atoms with van der Waals surface area (Å²) in [4.78, 5) is 12.0. The second-order valence-corrected chi connectivity index (χ2v) is 7.38. The van der Waals surface area contributed by atoms with Gasteiger partial charge >= 0.3 is 13.8 Å². The third-order valence-electron chi connectivity index (χ3n) is 4.05. The van der Waals surface area contributed by atoms with Crippen LogP contribution in [0.25, 0.3) is 0 Å². The van der Waals surface area contributed by atoms with Crippen molar-refractivity contribution in [3.05, 3.63) is 0 Å². The van der Waals surface area contributed by atoms with Crippen molar-refractivity contribution in [3.63, 3.8) is 0 Å². The van der Waals surface area contributed by atoms with Gasteiger partial charge in [0.15, 0.2) is 0 Å². The minimum absolute atomic E-state index is 0.0335. The topological polar surface area (TPSA) is 71.1 Å². The van der Waals surface area contributed by atoms with E-state index in [1.54, 1.807) is 0 Å². The Bertz CT molecular complexity index is 372. The van der Waals surface area contributed by atoms with Crippen LogP contribution in [0.5, 0.6) is 0 Å². The van der Waals surface area contributed by atoms with Crippen molar-refractivity contribution in [3.8, 4) is 0 Å². The highest BCUT2D eigenvalue weighted by Gasteiger charge is 2.51. The average molecular weight is 290 g/mol. The normalized spacial score (nSPS) is 39.2. The second-order valence-electron chi connectivity index (χ2n) is 5.71. The van der Waals surface area contributed by atoms with Crippen LogP contribution >= 0.6 is 7.82 Å². The van der Waals surface area contributed by atoms with Gasteiger partial charge in [-0.1, -0.05) is 19.3 Å². The van der Waals surface area contributed by atoms with Crippen LogP contribution in [0.4, 0.5) is 0 Å². The number of carbonyl (C=O) groups excluding carboxylic acids is 1. The van der Waals surface area contributed by atoms with Gasteiger partial charge < -0.3 is 4.74 Å². The van der Waals surface area contributed by atoms with Crippen LogP contribution in [0.1, 0.15) is 32.1 Å². The van der Waals surface area contributed by atoms with Gasteiger partial charge in [0.25, 0.3) is 0 Å². The van der Waals surface area contributed by atoms with Crippen LogP contribution < -0.4 is 0 Å². The Morgan fingerprint density at radius 2 is 1.68 bits per heavy atom. The van der Waals surface area contributed by atoms with Gasteiger partial charge in [0.1, 0.15) is 6.61 Å². The van der Waals surface area contributed by atoms with E-state index in [4.69, 9.17) is 18.3 Å². The van der Waals surface area contributed by atoms with Gasteiger partial charge in [-0.05, 0) is 12.8 Å². The molecule has 6 nitrogen and oxygen atoms in total. The van der Waals surface area contributed by atoms with Gasteiger partial charge in [-0.3, -0.25) is 18.4 Å². The summed E-state index contributed by atoms with van der Waals surface area (Å²) in [5.41, 5.74) is -0.490. The van der Waals surface area contributed by atoms with E-state index < -0.39 is 13.2 Å². The Morgan fingerprint density at radius 1 is 1.11 bits per heavy atom. The molecule has 0 atom stereocenters. The van der Waals surface area contributed by atoms with Crippen LogP contribution in [0.3, 0.4) is 0 Å². The van der Waals surface area contributed by atoms with E-state index in [-0.39, 0.29) is 38.3 Å². The molecule has 108 valence electrons. The molecule has 19 heavy (non-hydrogen) atoms. The maximum Gasteiger partial charge on any atom is 0.474 e. The largest absolute Gasteiger partial charge is 0.474 e. The van der Waals surface area contributed by atoms with Crippen LogP contribution in [-0.2, 0) is 27.7 Å². The molecule has 3 saturated heterocycles. The molecule has 3 heterocycles. The Morgan fingerprint density at radius 3 is 2.26 bits per heavy atom. The van der Waals surface area contributed by atoms with E-state index in [1.165, 1.54) is 6.42 Å². The predicted octanol–water partition coefficient (Wildman–Crippen LogP) is 2.28. The number of hydrogen-bond acceptors (Lipinski definition) is 6. The van der Waals surface area contributed by atoms with Gasteiger partial charge in [-0.15, -0.1) is 0 Å². The standard InChI is InChI=1S/C12H19O6P/c13-11(10-4-2-1-3-5-10)15-6-12-7-16-19(14,17-8-12)18-9-12/h10H,1-9H2. The first-order valence-corrected chi connectivity index (χ1v) is 8.27. The quantitative estimate of drug-likeness (QED) is 0.586. The fourth-order valence-corrected chi connectivity index (χ4v) is 4.21. The van der Waals surface area contributed by atoms with E-state index in [9.17, 15) is 9.36 Å². The number of hydrogen-bond donors (Lipinski definition) is 0. The summed E-state index contributed by atoms with van der Waals surface area (Å²) < 4.78 is 32.2. The summed E-state index contributed by atoms with van der Waals surface area (Å²) in [6, 6.07) is 0. The van der Waals surface area contributed by atoms with Crippen LogP contribution in [0.2, 0.25) is 0 Å². The molecule has 1 saturated carbocycles. The molecule has 4 aliphatic rings. The van der Waals surface area contributed by atoms with E-state index >= 15 is 0 Å². The molecule has 3 aliphatic heterocycles. The Labute approximate surface area is 112 Å². The highest BCUT2D eigenvalue weighted by molar-refractivity contribution is 7.48. The van der Waals surface area contributed by atoms with Gasteiger partial charge in [-0.25, -0.2) is 4.57 Å². The van der Waals surface area contributed by atoms with E-state index in [0.29, 0.717) is 0 Å². The van der Waals surface area contributed by atoms with Gasteiger partial charge in [0.2, 0.25) is 0 Å². The van der Waals surface area contributed by atoms with E-state index in [0.717, 1.165) is 25.7 Å². The third kappa shape index (κ3) is 2.87. The molecule has 0 aromatic heterocycles.